The van der Waals surface area contributed by atoms with Gasteiger partial charge in [0.2, 0.25) is 0 Å². The molecule has 5 aromatic rings. The van der Waals surface area contributed by atoms with Crippen LogP contribution in [-0.2, 0) is 5.54 Å². The predicted molar refractivity (Wildman–Crippen MR) is 128 cm³/mol. The van der Waals surface area contributed by atoms with E-state index in [1.165, 1.54) is 0 Å². The van der Waals surface area contributed by atoms with Gasteiger partial charge in [-0.3, -0.25) is 0 Å². The third kappa shape index (κ3) is 3.04. The van der Waals surface area contributed by atoms with Crippen molar-refractivity contribution in [3.05, 3.63) is 83.1 Å². The van der Waals surface area contributed by atoms with Gasteiger partial charge in [-0.2, -0.15) is 9.61 Å². The molecular formula is C25H20BrN5O. The minimum atomic E-state index is -0.448. The molecular weight excluding hydrogens is 466 g/mol. The molecule has 6 nitrogen and oxygen atoms in total. The lowest BCUT2D eigenvalue weighted by molar-refractivity contribution is 0.0209. The van der Waals surface area contributed by atoms with Gasteiger partial charge in [0.25, 0.3) is 0 Å². The Kier molecular flexibility index (Phi) is 4.40. The zero-order valence-electron chi connectivity index (χ0n) is 17.1. The zero-order chi connectivity index (χ0) is 21.9. The Morgan fingerprint density at radius 2 is 1.72 bits per heavy atom. The van der Waals surface area contributed by atoms with Crippen molar-refractivity contribution in [3.8, 4) is 22.4 Å². The minimum Gasteiger partial charge on any atom is -0.393 e. The molecule has 0 bridgehead atoms. The highest BCUT2D eigenvalue weighted by Crippen LogP contribution is 2.40. The SMILES string of the molecule is NC1(c2ccc(-c3nc4c(cnc5c(Br)cnn54)cc3-c3ccccc3)cc2)CC(O)C1. The first-order valence-electron chi connectivity index (χ1n) is 10.5. The molecule has 32 heavy (non-hydrogen) atoms. The Hall–Kier alpha value is -3.13. The summed E-state index contributed by atoms with van der Waals surface area (Å²) in [6, 6.07) is 20.6. The summed E-state index contributed by atoms with van der Waals surface area (Å²) in [6.07, 6.45) is 4.44. The topological polar surface area (TPSA) is 89.3 Å². The summed E-state index contributed by atoms with van der Waals surface area (Å²) in [5, 5.41) is 15.1. The normalized spacial score (nSPS) is 20.5. The zero-order valence-corrected chi connectivity index (χ0v) is 18.7. The standard InChI is InChI=1S/C25H20BrN5O/c26-21-14-29-31-23-17(13-28-24(21)31)10-20(15-4-2-1-3-5-15)22(30-23)16-6-8-18(9-7-16)25(27)11-19(32)12-25/h1-10,13-14,19,32H,11-12,27H2. The highest BCUT2D eigenvalue weighted by molar-refractivity contribution is 9.10. The molecule has 0 spiro atoms. The van der Waals surface area contributed by atoms with E-state index in [0.717, 1.165) is 49.1 Å². The van der Waals surface area contributed by atoms with Gasteiger partial charge >= 0.3 is 0 Å². The van der Waals surface area contributed by atoms with Crippen LogP contribution in [0.2, 0.25) is 0 Å². The van der Waals surface area contributed by atoms with Gasteiger partial charge in [-0.15, -0.1) is 0 Å². The van der Waals surface area contributed by atoms with Crippen LogP contribution in [0.3, 0.4) is 0 Å². The summed E-state index contributed by atoms with van der Waals surface area (Å²) in [6.45, 7) is 0. The number of halogens is 1. The van der Waals surface area contributed by atoms with Crippen LogP contribution in [0, 0.1) is 0 Å². The molecule has 1 fully saturated rings. The molecule has 0 amide bonds. The molecule has 158 valence electrons. The van der Waals surface area contributed by atoms with Crippen LogP contribution in [0.25, 0.3) is 39.1 Å². The number of benzene rings is 2. The highest BCUT2D eigenvalue weighted by Gasteiger charge is 2.41. The fourth-order valence-electron chi connectivity index (χ4n) is 4.54. The van der Waals surface area contributed by atoms with Crippen LogP contribution in [0.4, 0.5) is 0 Å². The first-order valence-corrected chi connectivity index (χ1v) is 11.3. The third-order valence-electron chi connectivity index (χ3n) is 6.28. The fraction of sp³-hybridized carbons (Fsp3) is 0.160. The van der Waals surface area contributed by atoms with Gasteiger partial charge in [0.1, 0.15) is 0 Å². The Morgan fingerprint density at radius 3 is 2.44 bits per heavy atom. The van der Waals surface area contributed by atoms with Crippen molar-refractivity contribution < 1.29 is 5.11 Å². The van der Waals surface area contributed by atoms with Gasteiger partial charge in [0.15, 0.2) is 11.3 Å². The maximum absolute atomic E-state index is 9.72. The van der Waals surface area contributed by atoms with Crippen LogP contribution in [0.5, 0.6) is 0 Å². The number of hydrogen-bond acceptors (Lipinski definition) is 5. The quantitative estimate of drug-likeness (QED) is 0.387. The largest absolute Gasteiger partial charge is 0.393 e. The first kappa shape index (κ1) is 19.5. The van der Waals surface area contributed by atoms with Gasteiger partial charge in [0.05, 0.1) is 22.5 Å². The van der Waals surface area contributed by atoms with E-state index in [1.807, 2.05) is 24.4 Å². The number of aliphatic hydroxyl groups is 1. The molecule has 0 saturated heterocycles. The molecule has 0 unspecified atom stereocenters. The van der Waals surface area contributed by atoms with Crippen molar-refractivity contribution in [2.45, 2.75) is 24.5 Å². The predicted octanol–water partition coefficient (Wildman–Crippen LogP) is 4.68. The van der Waals surface area contributed by atoms with Crippen LogP contribution >= 0.6 is 15.9 Å². The maximum atomic E-state index is 9.72. The second-order valence-corrected chi connectivity index (χ2v) is 9.30. The second kappa shape index (κ2) is 7.20. The van der Waals surface area contributed by atoms with E-state index in [9.17, 15) is 5.11 Å². The van der Waals surface area contributed by atoms with E-state index in [0.29, 0.717) is 12.8 Å². The molecule has 1 saturated carbocycles. The lowest BCUT2D eigenvalue weighted by Crippen LogP contribution is -2.51. The molecule has 3 N–H and O–H groups in total. The summed E-state index contributed by atoms with van der Waals surface area (Å²) in [7, 11) is 0. The molecule has 7 heteroatoms. The monoisotopic (exact) mass is 485 g/mol. The number of hydrogen-bond donors (Lipinski definition) is 2. The van der Waals surface area contributed by atoms with Gasteiger partial charge in [-0.1, -0.05) is 54.6 Å². The van der Waals surface area contributed by atoms with Gasteiger partial charge in [-0.25, -0.2) is 9.97 Å². The van der Waals surface area contributed by atoms with Gasteiger partial charge < -0.3 is 10.8 Å². The van der Waals surface area contributed by atoms with Gasteiger partial charge in [0, 0.05) is 28.2 Å². The van der Waals surface area contributed by atoms with E-state index in [-0.39, 0.29) is 6.10 Å². The van der Waals surface area contributed by atoms with Gasteiger partial charge in [-0.05, 0) is 46.0 Å². The summed E-state index contributed by atoms with van der Waals surface area (Å²) < 4.78 is 2.59. The Morgan fingerprint density at radius 1 is 0.969 bits per heavy atom. The van der Waals surface area contributed by atoms with Crippen LogP contribution in [0.15, 0.2) is 77.5 Å². The molecule has 3 heterocycles. The summed E-state index contributed by atoms with van der Waals surface area (Å²) >= 11 is 3.51. The number of pyridine rings is 1. The molecule has 0 aliphatic heterocycles. The van der Waals surface area contributed by atoms with Crippen molar-refractivity contribution in [1.29, 1.82) is 0 Å². The first-order chi connectivity index (χ1) is 15.5. The summed E-state index contributed by atoms with van der Waals surface area (Å²) in [5.74, 6) is 0. The van der Waals surface area contributed by atoms with E-state index in [2.05, 4.69) is 68.5 Å². The van der Waals surface area contributed by atoms with Crippen molar-refractivity contribution >= 4 is 32.6 Å². The van der Waals surface area contributed by atoms with Crippen LogP contribution < -0.4 is 5.73 Å². The van der Waals surface area contributed by atoms with Crippen molar-refractivity contribution in [2.24, 2.45) is 5.73 Å². The third-order valence-corrected chi connectivity index (χ3v) is 6.84. The van der Waals surface area contributed by atoms with E-state index in [1.54, 1.807) is 10.7 Å². The molecule has 1 aliphatic rings. The van der Waals surface area contributed by atoms with Crippen LogP contribution in [-0.4, -0.2) is 30.8 Å². The Bertz CT molecular complexity index is 1460. The van der Waals surface area contributed by atoms with Crippen molar-refractivity contribution in [1.82, 2.24) is 19.6 Å². The molecule has 0 atom stereocenters. The Balaban J connectivity index is 1.56. The van der Waals surface area contributed by atoms with E-state index in [4.69, 9.17) is 10.7 Å². The van der Waals surface area contributed by atoms with Crippen molar-refractivity contribution in [3.63, 3.8) is 0 Å². The summed E-state index contributed by atoms with van der Waals surface area (Å²) in [5.41, 5.74) is 12.5. The molecule has 0 radical (unpaired) electrons. The molecule has 1 aliphatic carbocycles. The number of aliphatic hydroxyl groups excluding tert-OH is 1. The van der Waals surface area contributed by atoms with Crippen molar-refractivity contribution in [2.75, 3.05) is 0 Å². The van der Waals surface area contributed by atoms with E-state index < -0.39 is 5.54 Å². The number of fused-ring (bicyclic) bond motifs is 3. The second-order valence-electron chi connectivity index (χ2n) is 8.45. The summed E-state index contributed by atoms with van der Waals surface area (Å²) in [4.78, 5) is 9.62. The molecule has 6 rings (SSSR count). The Labute approximate surface area is 192 Å². The number of aromatic nitrogens is 4. The number of nitrogens with zero attached hydrogens (tertiary/aromatic N) is 4. The van der Waals surface area contributed by atoms with Crippen LogP contribution in [0.1, 0.15) is 18.4 Å². The number of rotatable bonds is 3. The maximum Gasteiger partial charge on any atom is 0.171 e. The molecule has 2 aromatic carbocycles. The average Bonchev–Trinajstić information content (AvgIpc) is 3.19. The number of nitrogens with two attached hydrogens (primary N) is 1. The highest BCUT2D eigenvalue weighted by atomic mass is 79.9. The molecule has 3 aromatic heterocycles. The smallest absolute Gasteiger partial charge is 0.171 e. The fourth-order valence-corrected chi connectivity index (χ4v) is 4.90. The average molecular weight is 486 g/mol. The van der Waals surface area contributed by atoms with E-state index >= 15 is 0 Å². The lowest BCUT2D eigenvalue weighted by atomic mass is 9.70. The minimum absolute atomic E-state index is 0.309. The lowest BCUT2D eigenvalue weighted by Gasteiger charge is -2.42.